The second-order valence-electron chi connectivity index (χ2n) is 2.88. The van der Waals surface area contributed by atoms with E-state index in [-0.39, 0.29) is 6.61 Å². The third kappa shape index (κ3) is 4.26. The van der Waals surface area contributed by atoms with Crippen LogP contribution in [0.25, 0.3) is 0 Å². The van der Waals surface area contributed by atoms with Crippen molar-refractivity contribution in [2.24, 2.45) is 0 Å². The van der Waals surface area contributed by atoms with E-state index in [2.05, 4.69) is 5.32 Å². The average molecular weight is 264 g/mol. The molecule has 1 rings (SSSR count). The van der Waals surface area contributed by atoms with Gasteiger partial charge in [0.05, 0.1) is 16.7 Å². The molecule has 0 bridgehead atoms. The Morgan fingerprint density at radius 3 is 2.69 bits per heavy atom. The van der Waals surface area contributed by atoms with E-state index < -0.39 is 6.09 Å². The number of methoxy groups -OCH3 is 1. The van der Waals surface area contributed by atoms with Gasteiger partial charge in [-0.05, 0) is 18.2 Å². The van der Waals surface area contributed by atoms with Crippen molar-refractivity contribution in [2.45, 2.75) is 0 Å². The normalized spacial score (nSPS) is 9.94. The van der Waals surface area contributed by atoms with Crippen LogP contribution in [0.2, 0.25) is 10.0 Å². The van der Waals surface area contributed by atoms with Crippen molar-refractivity contribution >= 4 is 35.0 Å². The van der Waals surface area contributed by atoms with Crippen molar-refractivity contribution in [3.8, 4) is 0 Å². The molecule has 1 N–H and O–H groups in total. The van der Waals surface area contributed by atoms with Gasteiger partial charge in [-0.3, -0.25) is 5.32 Å². The molecule has 88 valence electrons. The van der Waals surface area contributed by atoms with Gasteiger partial charge in [0.15, 0.2) is 0 Å². The van der Waals surface area contributed by atoms with E-state index >= 15 is 0 Å². The first-order valence-electron chi connectivity index (χ1n) is 4.51. The predicted molar refractivity (Wildman–Crippen MR) is 63.3 cm³/mol. The van der Waals surface area contributed by atoms with E-state index in [1.54, 1.807) is 18.2 Å². The number of carbonyl (C=O) groups excluding carboxylic acids is 1. The van der Waals surface area contributed by atoms with Crippen LogP contribution >= 0.6 is 23.2 Å². The third-order valence-corrected chi connectivity index (χ3v) is 2.43. The lowest BCUT2D eigenvalue weighted by molar-refractivity contribution is 0.107. The summed E-state index contributed by atoms with van der Waals surface area (Å²) in [5.41, 5.74) is 0.525. The maximum Gasteiger partial charge on any atom is 0.411 e. The highest BCUT2D eigenvalue weighted by Gasteiger charge is 2.04. The average Bonchev–Trinajstić information content (AvgIpc) is 2.24. The van der Waals surface area contributed by atoms with E-state index in [1.807, 2.05) is 0 Å². The van der Waals surface area contributed by atoms with E-state index in [9.17, 15) is 4.79 Å². The van der Waals surface area contributed by atoms with Gasteiger partial charge in [-0.25, -0.2) is 4.79 Å². The van der Waals surface area contributed by atoms with Crippen molar-refractivity contribution in [1.82, 2.24) is 0 Å². The van der Waals surface area contributed by atoms with Crippen LogP contribution in [0.15, 0.2) is 18.2 Å². The summed E-state index contributed by atoms with van der Waals surface area (Å²) in [7, 11) is 1.53. The summed E-state index contributed by atoms with van der Waals surface area (Å²) in [6.45, 7) is 0.554. The molecule has 6 heteroatoms. The number of rotatable bonds is 4. The van der Waals surface area contributed by atoms with Crippen LogP contribution in [0.1, 0.15) is 0 Å². The van der Waals surface area contributed by atoms with Crippen LogP contribution in [0.5, 0.6) is 0 Å². The minimum Gasteiger partial charge on any atom is -0.447 e. The van der Waals surface area contributed by atoms with Crippen LogP contribution < -0.4 is 5.32 Å². The lowest BCUT2D eigenvalue weighted by atomic mass is 10.3. The molecule has 0 aliphatic heterocycles. The number of amides is 1. The molecule has 0 spiro atoms. The third-order valence-electron chi connectivity index (χ3n) is 1.69. The van der Waals surface area contributed by atoms with E-state index in [0.29, 0.717) is 22.3 Å². The van der Waals surface area contributed by atoms with Crippen molar-refractivity contribution in [2.75, 3.05) is 25.6 Å². The topological polar surface area (TPSA) is 47.6 Å². The second-order valence-corrected chi connectivity index (χ2v) is 3.70. The first kappa shape index (κ1) is 13.1. The Labute approximate surface area is 103 Å². The summed E-state index contributed by atoms with van der Waals surface area (Å²) in [6, 6.07) is 4.77. The van der Waals surface area contributed by atoms with Crippen molar-refractivity contribution in [1.29, 1.82) is 0 Å². The Bertz CT molecular complexity index is 371. The van der Waals surface area contributed by atoms with Crippen molar-refractivity contribution in [3.63, 3.8) is 0 Å². The zero-order valence-electron chi connectivity index (χ0n) is 8.63. The van der Waals surface area contributed by atoms with Crippen LogP contribution in [-0.2, 0) is 9.47 Å². The molecular formula is C10H11Cl2NO3. The number of hydrogen-bond donors (Lipinski definition) is 1. The predicted octanol–water partition coefficient (Wildman–Crippen LogP) is 3.19. The summed E-state index contributed by atoms with van der Waals surface area (Å²) < 4.78 is 9.54. The summed E-state index contributed by atoms with van der Waals surface area (Å²) in [5.74, 6) is 0. The van der Waals surface area contributed by atoms with Crippen molar-refractivity contribution < 1.29 is 14.3 Å². The highest BCUT2D eigenvalue weighted by molar-refractivity contribution is 6.42. The molecule has 0 saturated heterocycles. The van der Waals surface area contributed by atoms with Crippen LogP contribution in [0.4, 0.5) is 10.5 Å². The van der Waals surface area contributed by atoms with Gasteiger partial charge < -0.3 is 9.47 Å². The first-order chi connectivity index (χ1) is 7.63. The zero-order chi connectivity index (χ0) is 12.0. The van der Waals surface area contributed by atoms with Gasteiger partial charge in [-0.1, -0.05) is 23.2 Å². The molecule has 1 amide bonds. The van der Waals surface area contributed by atoms with Gasteiger partial charge in [0, 0.05) is 12.8 Å². The summed E-state index contributed by atoms with van der Waals surface area (Å²) in [6.07, 6.45) is -0.560. The largest absolute Gasteiger partial charge is 0.447 e. The fourth-order valence-electron chi connectivity index (χ4n) is 0.946. The monoisotopic (exact) mass is 263 g/mol. The standard InChI is InChI=1S/C10H11Cl2NO3/c1-15-4-5-16-10(14)13-7-2-3-8(11)9(12)6-7/h2-3,6H,4-5H2,1H3,(H,13,14). The fourth-order valence-corrected chi connectivity index (χ4v) is 1.24. The van der Waals surface area contributed by atoms with Gasteiger partial charge in [0.25, 0.3) is 0 Å². The number of nitrogens with one attached hydrogen (secondary N) is 1. The van der Waals surface area contributed by atoms with E-state index in [0.717, 1.165) is 0 Å². The number of ether oxygens (including phenoxy) is 2. The Kier molecular flexibility index (Phi) is 5.38. The summed E-state index contributed by atoms with van der Waals surface area (Å²) in [5, 5.41) is 3.31. The molecule has 1 aromatic rings. The summed E-state index contributed by atoms with van der Waals surface area (Å²) >= 11 is 11.5. The smallest absolute Gasteiger partial charge is 0.411 e. The lowest BCUT2D eigenvalue weighted by Crippen LogP contribution is -2.16. The lowest BCUT2D eigenvalue weighted by Gasteiger charge is -2.07. The quantitative estimate of drug-likeness (QED) is 0.849. The highest BCUT2D eigenvalue weighted by Crippen LogP contribution is 2.24. The second kappa shape index (κ2) is 6.58. The minimum absolute atomic E-state index is 0.198. The summed E-state index contributed by atoms with van der Waals surface area (Å²) in [4.78, 5) is 11.2. The number of benzene rings is 1. The van der Waals surface area contributed by atoms with Gasteiger partial charge in [0.2, 0.25) is 0 Å². The number of anilines is 1. The number of hydrogen-bond acceptors (Lipinski definition) is 3. The molecule has 0 heterocycles. The molecule has 1 aromatic carbocycles. The Morgan fingerprint density at radius 2 is 2.06 bits per heavy atom. The molecule has 0 unspecified atom stereocenters. The Hall–Kier alpha value is -0.970. The van der Waals surface area contributed by atoms with Gasteiger partial charge in [-0.15, -0.1) is 0 Å². The van der Waals surface area contributed by atoms with E-state index in [1.165, 1.54) is 7.11 Å². The van der Waals surface area contributed by atoms with Gasteiger partial charge >= 0.3 is 6.09 Å². The molecule has 0 saturated carbocycles. The molecule has 0 aliphatic carbocycles. The van der Waals surface area contributed by atoms with Crippen LogP contribution in [-0.4, -0.2) is 26.4 Å². The van der Waals surface area contributed by atoms with Gasteiger partial charge in [-0.2, -0.15) is 0 Å². The Balaban J connectivity index is 2.46. The molecule has 0 fully saturated rings. The van der Waals surface area contributed by atoms with Crippen LogP contribution in [0, 0.1) is 0 Å². The maximum atomic E-state index is 11.2. The first-order valence-corrected chi connectivity index (χ1v) is 5.27. The molecule has 4 nitrogen and oxygen atoms in total. The molecule has 0 aliphatic rings. The fraction of sp³-hybridized carbons (Fsp3) is 0.300. The number of carbonyl (C=O) groups is 1. The highest BCUT2D eigenvalue weighted by atomic mass is 35.5. The zero-order valence-corrected chi connectivity index (χ0v) is 10.1. The van der Waals surface area contributed by atoms with Crippen LogP contribution in [0.3, 0.4) is 0 Å². The Morgan fingerprint density at radius 1 is 1.31 bits per heavy atom. The molecule has 0 radical (unpaired) electrons. The molecule has 16 heavy (non-hydrogen) atoms. The number of halogens is 2. The van der Waals surface area contributed by atoms with E-state index in [4.69, 9.17) is 32.7 Å². The van der Waals surface area contributed by atoms with Gasteiger partial charge in [0.1, 0.15) is 6.61 Å². The molecular weight excluding hydrogens is 253 g/mol. The maximum absolute atomic E-state index is 11.2. The molecule has 0 aromatic heterocycles. The minimum atomic E-state index is -0.560. The SMILES string of the molecule is COCCOC(=O)Nc1ccc(Cl)c(Cl)c1. The molecule has 0 atom stereocenters. The van der Waals surface area contributed by atoms with Crippen molar-refractivity contribution in [3.05, 3.63) is 28.2 Å².